The number of hydrogen-bond donors (Lipinski definition) is 0. The van der Waals surface area contributed by atoms with Gasteiger partial charge in [0.1, 0.15) is 0 Å². The highest BCUT2D eigenvalue weighted by Crippen LogP contribution is 2.33. The van der Waals surface area contributed by atoms with Gasteiger partial charge in [-0.3, -0.25) is 4.21 Å². The lowest BCUT2D eigenvalue weighted by Crippen LogP contribution is -2.45. The molecule has 0 heterocycles. The van der Waals surface area contributed by atoms with Gasteiger partial charge in [-0.15, -0.1) is 0 Å². The van der Waals surface area contributed by atoms with Crippen molar-refractivity contribution in [2.24, 2.45) is 5.41 Å². The third kappa shape index (κ3) is 7.53. The van der Waals surface area contributed by atoms with Gasteiger partial charge in [-0.1, -0.05) is 20.8 Å². The van der Waals surface area contributed by atoms with Crippen molar-refractivity contribution >= 4 is 20.8 Å². The molecule has 0 spiro atoms. The van der Waals surface area contributed by atoms with Gasteiger partial charge < -0.3 is 4.74 Å². The molecule has 0 aromatic heterocycles. The zero-order valence-corrected chi connectivity index (χ0v) is 16.9. The van der Waals surface area contributed by atoms with Crippen LogP contribution in [0.5, 0.6) is 0 Å². The predicted octanol–water partition coefficient (Wildman–Crippen LogP) is 2.24. The average Bonchev–Trinajstić information content (AvgIpc) is 2.32. The zero-order valence-electron chi connectivity index (χ0n) is 15.3. The topological polar surface area (TPSA) is 63.7 Å². The molecule has 3 atom stereocenters. The smallest absolute Gasteiger partial charge is 0.211 e. The third-order valence-corrected chi connectivity index (χ3v) is 6.70. The molecular formula is C15H33NO4S2. The second-order valence-electron chi connectivity index (χ2n) is 6.94. The Morgan fingerprint density at radius 1 is 1.27 bits per heavy atom. The molecule has 2 unspecified atom stereocenters. The number of nitrogens with zero attached hydrogens (tertiary/aromatic N) is 1. The number of rotatable bonds is 10. The van der Waals surface area contributed by atoms with Crippen LogP contribution in [-0.4, -0.2) is 60.5 Å². The first-order valence-electron chi connectivity index (χ1n) is 7.70. The van der Waals surface area contributed by atoms with Gasteiger partial charge >= 0.3 is 0 Å². The Morgan fingerprint density at radius 3 is 2.09 bits per heavy atom. The molecule has 22 heavy (non-hydrogen) atoms. The van der Waals surface area contributed by atoms with E-state index in [-0.39, 0.29) is 22.9 Å². The van der Waals surface area contributed by atoms with Gasteiger partial charge in [0.05, 0.1) is 18.5 Å². The van der Waals surface area contributed by atoms with Crippen LogP contribution in [0.15, 0.2) is 0 Å². The summed E-state index contributed by atoms with van der Waals surface area (Å²) in [6.45, 7) is 10.3. The van der Waals surface area contributed by atoms with E-state index in [4.69, 9.17) is 4.74 Å². The Hall–Kier alpha value is 0.0200. The summed E-state index contributed by atoms with van der Waals surface area (Å²) in [4.78, 5) is 0. The summed E-state index contributed by atoms with van der Waals surface area (Å²) in [6, 6.07) is 0. The molecule has 0 aromatic rings. The van der Waals surface area contributed by atoms with Crippen LogP contribution in [0.2, 0.25) is 0 Å². The molecular weight excluding hydrogens is 322 g/mol. The van der Waals surface area contributed by atoms with E-state index in [1.54, 1.807) is 13.3 Å². The lowest BCUT2D eigenvalue weighted by Gasteiger charge is -2.39. The van der Waals surface area contributed by atoms with Crippen LogP contribution in [0.3, 0.4) is 0 Å². The first kappa shape index (κ1) is 22.0. The maximum absolute atomic E-state index is 11.8. The molecule has 0 saturated carbocycles. The lowest BCUT2D eigenvalue weighted by molar-refractivity contribution is -0.0664. The second-order valence-corrected chi connectivity index (χ2v) is 10.7. The van der Waals surface area contributed by atoms with E-state index in [0.717, 1.165) is 12.8 Å². The Bertz CT molecular complexity index is 460. The van der Waals surface area contributed by atoms with Crippen LogP contribution in [0.25, 0.3) is 0 Å². The molecule has 5 nitrogen and oxygen atoms in total. The average molecular weight is 356 g/mol. The van der Waals surface area contributed by atoms with E-state index >= 15 is 0 Å². The van der Waals surface area contributed by atoms with Gasteiger partial charge in [0.25, 0.3) is 0 Å². The molecule has 134 valence electrons. The summed E-state index contributed by atoms with van der Waals surface area (Å²) in [5.74, 6) is 0. The SMILES string of the molecule is CCC(CC(C)(C)C(CN(C)S(C)(=O)=O)OC(C)C)[S@@](C)=O. The quantitative estimate of drug-likeness (QED) is 0.603. The maximum Gasteiger partial charge on any atom is 0.211 e. The Balaban J connectivity index is 5.25. The van der Waals surface area contributed by atoms with Gasteiger partial charge in [-0.25, -0.2) is 12.7 Å². The molecule has 0 rings (SSSR count). The number of likely N-dealkylation sites (N-methyl/N-ethyl adjacent to an activating group) is 1. The zero-order chi connectivity index (χ0) is 17.7. The van der Waals surface area contributed by atoms with E-state index < -0.39 is 20.8 Å². The third-order valence-electron chi connectivity index (χ3n) is 3.98. The lowest BCUT2D eigenvalue weighted by atomic mass is 9.81. The van der Waals surface area contributed by atoms with Gasteiger partial charge in [0, 0.05) is 35.9 Å². The summed E-state index contributed by atoms with van der Waals surface area (Å²) < 4.78 is 42.5. The Kier molecular flexibility index (Phi) is 8.76. The first-order valence-corrected chi connectivity index (χ1v) is 11.2. The van der Waals surface area contributed by atoms with Crippen LogP contribution in [0.4, 0.5) is 0 Å². The molecule has 0 saturated heterocycles. The summed E-state index contributed by atoms with van der Waals surface area (Å²) in [6.07, 6.45) is 4.26. The minimum Gasteiger partial charge on any atom is -0.374 e. The Morgan fingerprint density at radius 2 is 1.77 bits per heavy atom. The van der Waals surface area contributed by atoms with Gasteiger partial charge in [0.15, 0.2) is 0 Å². The molecule has 0 bridgehead atoms. The fourth-order valence-electron chi connectivity index (χ4n) is 2.39. The molecule has 0 aliphatic carbocycles. The summed E-state index contributed by atoms with van der Waals surface area (Å²) >= 11 is 0. The molecule has 0 aliphatic heterocycles. The summed E-state index contributed by atoms with van der Waals surface area (Å²) in [7, 11) is -2.58. The second kappa shape index (κ2) is 8.76. The van der Waals surface area contributed by atoms with E-state index in [0.29, 0.717) is 6.54 Å². The fraction of sp³-hybridized carbons (Fsp3) is 1.00. The highest BCUT2D eigenvalue weighted by Gasteiger charge is 2.36. The van der Waals surface area contributed by atoms with Crippen LogP contribution in [0.1, 0.15) is 47.5 Å². The van der Waals surface area contributed by atoms with E-state index in [1.807, 2.05) is 20.8 Å². The van der Waals surface area contributed by atoms with E-state index in [2.05, 4.69) is 13.8 Å². The van der Waals surface area contributed by atoms with Crippen molar-refractivity contribution in [3.05, 3.63) is 0 Å². The normalized spacial score (nSPS) is 17.7. The first-order chi connectivity index (χ1) is 9.81. The number of ether oxygens (including phenoxy) is 1. The van der Waals surface area contributed by atoms with Crippen molar-refractivity contribution in [3.8, 4) is 0 Å². The van der Waals surface area contributed by atoms with E-state index in [9.17, 15) is 12.6 Å². The van der Waals surface area contributed by atoms with Crippen molar-refractivity contribution in [2.45, 2.75) is 64.9 Å². The van der Waals surface area contributed by atoms with Crippen molar-refractivity contribution in [1.29, 1.82) is 0 Å². The van der Waals surface area contributed by atoms with Crippen molar-refractivity contribution < 1.29 is 17.4 Å². The minimum absolute atomic E-state index is 0.00411. The standard InChI is InChI=1S/C15H33NO4S2/c1-9-13(21(7)17)10-15(4,5)14(20-12(2)3)11-16(6)22(8,18)19/h12-14H,9-11H2,1-8H3/t13?,14?,21-/m1/s1. The van der Waals surface area contributed by atoms with Gasteiger partial charge in [-0.05, 0) is 32.1 Å². The molecule has 0 aromatic carbocycles. The van der Waals surface area contributed by atoms with Crippen molar-refractivity contribution in [3.63, 3.8) is 0 Å². The molecule has 0 fully saturated rings. The van der Waals surface area contributed by atoms with Crippen molar-refractivity contribution in [1.82, 2.24) is 4.31 Å². The number of sulfonamides is 1. The summed E-state index contributed by atoms with van der Waals surface area (Å²) in [5.41, 5.74) is -0.268. The maximum atomic E-state index is 11.8. The molecule has 0 aliphatic rings. The minimum atomic E-state index is -3.25. The van der Waals surface area contributed by atoms with E-state index in [1.165, 1.54) is 10.6 Å². The highest BCUT2D eigenvalue weighted by molar-refractivity contribution is 7.88. The highest BCUT2D eigenvalue weighted by atomic mass is 32.2. The summed E-state index contributed by atoms with van der Waals surface area (Å²) in [5, 5.41) is 0.0943. The molecule has 7 heteroatoms. The largest absolute Gasteiger partial charge is 0.374 e. The van der Waals surface area contributed by atoms with Crippen LogP contribution in [-0.2, 0) is 25.6 Å². The molecule has 0 amide bonds. The molecule has 0 N–H and O–H groups in total. The van der Waals surface area contributed by atoms with Crippen molar-refractivity contribution in [2.75, 3.05) is 26.1 Å². The van der Waals surface area contributed by atoms with Crippen LogP contribution in [0, 0.1) is 5.41 Å². The fourth-order valence-corrected chi connectivity index (χ4v) is 3.93. The monoisotopic (exact) mass is 355 g/mol. The Labute approximate surface area is 139 Å². The van der Waals surface area contributed by atoms with Gasteiger partial charge in [0.2, 0.25) is 10.0 Å². The van der Waals surface area contributed by atoms with Crippen LogP contribution >= 0.6 is 0 Å². The predicted molar refractivity (Wildman–Crippen MR) is 94.0 cm³/mol. The number of hydrogen-bond acceptors (Lipinski definition) is 4. The van der Waals surface area contributed by atoms with Gasteiger partial charge in [-0.2, -0.15) is 0 Å². The molecule has 0 radical (unpaired) electrons. The van der Waals surface area contributed by atoms with Crippen LogP contribution < -0.4 is 0 Å².